The number of carbonyl (C=O) groups is 1. The zero-order valence-corrected chi connectivity index (χ0v) is 21.1. The minimum absolute atomic E-state index is 0.0246. The van der Waals surface area contributed by atoms with Crippen LogP contribution >= 0.6 is 50.9 Å². The predicted molar refractivity (Wildman–Crippen MR) is 133 cm³/mol. The van der Waals surface area contributed by atoms with Crippen LogP contribution in [0.4, 0.5) is 0 Å². The van der Waals surface area contributed by atoms with Gasteiger partial charge >= 0.3 is 0 Å². The van der Waals surface area contributed by atoms with Crippen molar-refractivity contribution in [1.29, 1.82) is 0 Å². The molecule has 0 spiro atoms. The quantitative estimate of drug-likeness (QED) is 0.142. The molecule has 0 aliphatic carbocycles. The molecule has 4 aromatic rings. The van der Waals surface area contributed by atoms with E-state index in [2.05, 4.69) is 36.7 Å². The first kappa shape index (κ1) is 24.3. The number of aromatic nitrogens is 2. The van der Waals surface area contributed by atoms with E-state index in [1.165, 1.54) is 6.21 Å². The van der Waals surface area contributed by atoms with E-state index in [1.807, 2.05) is 30.3 Å². The highest BCUT2D eigenvalue weighted by molar-refractivity contribution is 9.10. The van der Waals surface area contributed by atoms with Crippen LogP contribution in [0.2, 0.25) is 10.0 Å². The van der Waals surface area contributed by atoms with Crippen molar-refractivity contribution < 1.29 is 18.4 Å². The molecule has 0 saturated carbocycles. The molecule has 174 valence electrons. The number of amides is 1. The van der Waals surface area contributed by atoms with Crippen LogP contribution in [0.15, 0.2) is 78.2 Å². The molecule has 0 saturated heterocycles. The summed E-state index contributed by atoms with van der Waals surface area (Å²) in [5, 5.41) is 12.8. The number of thioether (sulfide) groups is 1. The first-order valence-corrected chi connectivity index (χ1v) is 12.2. The Morgan fingerprint density at radius 1 is 1.12 bits per heavy atom. The van der Waals surface area contributed by atoms with Gasteiger partial charge in [-0.1, -0.05) is 63.0 Å². The number of benzene rings is 2. The lowest BCUT2D eigenvalue weighted by molar-refractivity contribution is -0.118. The Morgan fingerprint density at radius 2 is 1.94 bits per heavy atom. The number of rotatable bonds is 9. The molecule has 1 N–H and O–H groups in total. The first-order chi connectivity index (χ1) is 16.5. The number of ether oxygens (including phenoxy) is 1. The second-order valence-electron chi connectivity index (χ2n) is 6.62. The number of carbonyl (C=O) groups excluding carboxylic acids is 1. The van der Waals surface area contributed by atoms with Crippen molar-refractivity contribution in [2.75, 3.05) is 5.75 Å². The normalized spacial score (nSPS) is 11.1. The lowest BCUT2D eigenvalue weighted by Crippen LogP contribution is -2.19. The fourth-order valence-electron chi connectivity index (χ4n) is 2.61. The summed E-state index contributed by atoms with van der Waals surface area (Å²) in [7, 11) is 0. The second-order valence-corrected chi connectivity index (χ2v) is 9.30. The molecule has 0 atom stereocenters. The van der Waals surface area contributed by atoms with E-state index in [0.29, 0.717) is 27.3 Å². The molecule has 2 aromatic carbocycles. The Bertz CT molecular complexity index is 1310. The maximum Gasteiger partial charge on any atom is 0.277 e. The molecule has 4 rings (SSSR count). The van der Waals surface area contributed by atoms with E-state index in [-0.39, 0.29) is 29.4 Å². The zero-order chi connectivity index (χ0) is 23.9. The van der Waals surface area contributed by atoms with Gasteiger partial charge in [0.15, 0.2) is 6.61 Å². The maximum atomic E-state index is 12.0. The third-order valence-corrected chi connectivity index (χ3v) is 6.03. The zero-order valence-electron chi connectivity index (χ0n) is 17.2. The van der Waals surface area contributed by atoms with E-state index in [9.17, 15) is 4.79 Å². The van der Waals surface area contributed by atoms with Gasteiger partial charge in [-0.3, -0.25) is 4.79 Å². The highest BCUT2D eigenvalue weighted by atomic mass is 79.9. The lowest BCUT2D eigenvalue weighted by Gasteiger charge is -2.05. The van der Waals surface area contributed by atoms with Gasteiger partial charge in [0, 0.05) is 15.1 Å². The molecule has 2 aromatic heterocycles. The molecular weight excluding hydrogens is 567 g/mol. The summed E-state index contributed by atoms with van der Waals surface area (Å²) >= 11 is 16.4. The molecule has 1 amide bonds. The summed E-state index contributed by atoms with van der Waals surface area (Å²) in [5.41, 5.74) is 3.36. The van der Waals surface area contributed by atoms with Crippen LogP contribution in [0.3, 0.4) is 0 Å². The fraction of sp³-hybridized carbons (Fsp3) is 0.0909. The largest absolute Gasteiger partial charge is 0.482 e. The summed E-state index contributed by atoms with van der Waals surface area (Å²) in [5.74, 6) is 1.58. The molecule has 0 fully saturated rings. The standard InChI is InChI=1S/C22H15BrCl2N4O4S/c23-14-3-1-13(2-4-14)18-8-6-16(32-18)10-26-27-20(30)12-34-22-29-28-21(33-22)11-31-19-7-5-15(24)9-17(19)25/h1-10H,11-12H2,(H,27,30)/b26-10-. The Balaban J connectivity index is 1.21. The molecule has 0 aliphatic rings. The average molecular weight is 582 g/mol. The van der Waals surface area contributed by atoms with Gasteiger partial charge in [-0.2, -0.15) is 5.10 Å². The fourth-order valence-corrected chi connectivity index (χ4v) is 3.91. The van der Waals surface area contributed by atoms with Crippen molar-refractivity contribution in [3.63, 3.8) is 0 Å². The van der Waals surface area contributed by atoms with Crippen LogP contribution in [0.25, 0.3) is 11.3 Å². The molecule has 34 heavy (non-hydrogen) atoms. The van der Waals surface area contributed by atoms with E-state index in [0.717, 1.165) is 21.8 Å². The van der Waals surface area contributed by atoms with Gasteiger partial charge in [-0.25, -0.2) is 5.43 Å². The third kappa shape index (κ3) is 6.86. The third-order valence-electron chi connectivity index (χ3n) is 4.16. The summed E-state index contributed by atoms with van der Waals surface area (Å²) in [6, 6.07) is 16.2. The van der Waals surface area contributed by atoms with Crippen LogP contribution in [-0.2, 0) is 11.4 Å². The Hall–Kier alpha value is -2.79. The maximum absolute atomic E-state index is 12.0. The monoisotopic (exact) mass is 580 g/mol. The predicted octanol–water partition coefficient (Wildman–Crippen LogP) is 6.22. The van der Waals surface area contributed by atoms with Crippen molar-refractivity contribution in [1.82, 2.24) is 15.6 Å². The summed E-state index contributed by atoms with van der Waals surface area (Å²) in [6.45, 7) is 0.0246. The van der Waals surface area contributed by atoms with Crippen molar-refractivity contribution in [2.24, 2.45) is 5.10 Å². The number of hydrazone groups is 1. The highest BCUT2D eigenvalue weighted by Gasteiger charge is 2.11. The van der Waals surface area contributed by atoms with Crippen molar-refractivity contribution in [2.45, 2.75) is 11.8 Å². The molecule has 2 heterocycles. The minimum atomic E-state index is -0.343. The Morgan fingerprint density at radius 3 is 2.74 bits per heavy atom. The number of halogens is 3. The van der Waals surface area contributed by atoms with Gasteiger partial charge in [0.1, 0.15) is 17.3 Å². The van der Waals surface area contributed by atoms with E-state index >= 15 is 0 Å². The van der Waals surface area contributed by atoms with Gasteiger partial charge in [0.05, 0.1) is 17.0 Å². The minimum Gasteiger partial charge on any atom is -0.482 e. The summed E-state index contributed by atoms with van der Waals surface area (Å²) in [6.07, 6.45) is 1.43. The Kier molecular flexibility index (Phi) is 8.28. The molecular formula is C22H15BrCl2N4O4S. The highest BCUT2D eigenvalue weighted by Crippen LogP contribution is 2.28. The second kappa shape index (κ2) is 11.6. The van der Waals surface area contributed by atoms with Gasteiger partial charge < -0.3 is 13.6 Å². The lowest BCUT2D eigenvalue weighted by atomic mass is 10.2. The van der Waals surface area contributed by atoms with Crippen molar-refractivity contribution >= 4 is 63.0 Å². The average Bonchev–Trinajstić information content (AvgIpc) is 3.47. The van der Waals surface area contributed by atoms with Gasteiger partial charge in [0.2, 0.25) is 0 Å². The van der Waals surface area contributed by atoms with Gasteiger partial charge in [0.25, 0.3) is 17.0 Å². The molecule has 0 bridgehead atoms. The number of hydrogen-bond donors (Lipinski definition) is 1. The number of nitrogens with zero attached hydrogens (tertiary/aromatic N) is 3. The molecule has 8 nitrogen and oxygen atoms in total. The van der Waals surface area contributed by atoms with Crippen LogP contribution in [0.5, 0.6) is 5.75 Å². The van der Waals surface area contributed by atoms with Crippen molar-refractivity contribution in [3.8, 4) is 17.1 Å². The van der Waals surface area contributed by atoms with Crippen LogP contribution in [0, 0.1) is 0 Å². The van der Waals surface area contributed by atoms with Crippen LogP contribution < -0.4 is 10.2 Å². The Labute approximate surface area is 216 Å². The molecule has 0 radical (unpaired) electrons. The van der Waals surface area contributed by atoms with Crippen molar-refractivity contribution in [3.05, 3.63) is 80.8 Å². The smallest absolute Gasteiger partial charge is 0.277 e. The molecule has 0 unspecified atom stereocenters. The summed E-state index contributed by atoms with van der Waals surface area (Å²) in [4.78, 5) is 12.0. The number of nitrogens with one attached hydrogen (secondary N) is 1. The van der Waals surface area contributed by atoms with Crippen LogP contribution in [0.1, 0.15) is 11.7 Å². The van der Waals surface area contributed by atoms with Crippen LogP contribution in [-0.4, -0.2) is 28.1 Å². The first-order valence-electron chi connectivity index (χ1n) is 9.67. The topological polar surface area (TPSA) is 103 Å². The SMILES string of the molecule is O=C(CSc1nnc(COc2ccc(Cl)cc2Cl)o1)N/N=C\c1ccc(-c2ccc(Br)cc2)o1. The van der Waals surface area contributed by atoms with Gasteiger partial charge in [-0.05, 0) is 42.5 Å². The summed E-state index contributed by atoms with van der Waals surface area (Å²) < 4.78 is 17.7. The molecule has 0 aliphatic heterocycles. The number of hydrogen-bond acceptors (Lipinski definition) is 8. The number of furan rings is 1. The van der Waals surface area contributed by atoms with E-state index in [4.69, 9.17) is 36.8 Å². The van der Waals surface area contributed by atoms with E-state index < -0.39 is 0 Å². The molecule has 12 heteroatoms. The van der Waals surface area contributed by atoms with E-state index in [1.54, 1.807) is 24.3 Å². The van der Waals surface area contributed by atoms with Gasteiger partial charge in [-0.15, -0.1) is 10.2 Å².